The fourth-order valence-corrected chi connectivity index (χ4v) is 3.04. The molecule has 0 aliphatic carbocycles. The van der Waals surface area contributed by atoms with Crippen LogP contribution in [-0.4, -0.2) is 53.4 Å². The number of ether oxygens (including phenoxy) is 2. The molecule has 1 aliphatic heterocycles. The summed E-state index contributed by atoms with van der Waals surface area (Å²) in [5.74, 6) is 0. The highest BCUT2D eigenvalue weighted by atomic mass is 16.6. The van der Waals surface area contributed by atoms with Gasteiger partial charge in [-0.2, -0.15) is 0 Å². The molecule has 2 heterocycles. The van der Waals surface area contributed by atoms with Gasteiger partial charge in [-0.25, -0.2) is 4.79 Å². The van der Waals surface area contributed by atoms with Crippen molar-refractivity contribution < 1.29 is 14.3 Å². The van der Waals surface area contributed by atoms with Crippen molar-refractivity contribution in [3.8, 4) is 0 Å². The van der Waals surface area contributed by atoms with Crippen LogP contribution in [0.25, 0.3) is 0 Å². The van der Waals surface area contributed by atoms with E-state index in [4.69, 9.17) is 9.47 Å². The number of nitrogens with one attached hydrogen (secondary N) is 1. The SMILES string of the molecule is CC(CC1COCCN1C(=O)OC(C)(C)C)NC(C)c1cccnc1. The molecule has 1 amide bonds. The minimum atomic E-state index is -0.487. The highest BCUT2D eigenvalue weighted by Gasteiger charge is 2.32. The average molecular weight is 349 g/mol. The minimum Gasteiger partial charge on any atom is -0.444 e. The lowest BCUT2D eigenvalue weighted by molar-refractivity contribution is -0.0357. The maximum Gasteiger partial charge on any atom is 0.410 e. The molecule has 6 heteroatoms. The van der Waals surface area contributed by atoms with E-state index in [0.29, 0.717) is 19.8 Å². The van der Waals surface area contributed by atoms with Crippen LogP contribution in [0.2, 0.25) is 0 Å². The zero-order valence-electron chi connectivity index (χ0n) is 16.0. The van der Waals surface area contributed by atoms with Gasteiger partial charge in [-0.3, -0.25) is 4.98 Å². The topological polar surface area (TPSA) is 63.7 Å². The van der Waals surface area contributed by atoms with E-state index >= 15 is 0 Å². The number of hydrogen-bond donors (Lipinski definition) is 1. The Kier molecular flexibility index (Phi) is 6.79. The second kappa shape index (κ2) is 8.63. The maximum absolute atomic E-state index is 12.5. The molecule has 0 spiro atoms. The minimum absolute atomic E-state index is 0.0206. The quantitative estimate of drug-likeness (QED) is 0.885. The zero-order valence-corrected chi connectivity index (χ0v) is 16.0. The highest BCUT2D eigenvalue weighted by molar-refractivity contribution is 5.68. The number of rotatable bonds is 5. The normalized spacial score (nSPS) is 20.8. The van der Waals surface area contributed by atoms with Gasteiger partial charge in [0, 0.05) is 31.0 Å². The van der Waals surface area contributed by atoms with Crippen LogP contribution < -0.4 is 5.32 Å². The van der Waals surface area contributed by atoms with E-state index in [0.717, 1.165) is 12.0 Å². The molecule has 1 aromatic rings. The molecule has 1 N–H and O–H groups in total. The van der Waals surface area contributed by atoms with Crippen molar-refractivity contribution in [1.29, 1.82) is 0 Å². The number of amides is 1. The third-order valence-corrected chi connectivity index (χ3v) is 4.20. The van der Waals surface area contributed by atoms with Gasteiger partial charge in [-0.1, -0.05) is 6.07 Å². The molecule has 0 radical (unpaired) electrons. The van der Waals surface area contributed by atoms with E-state index in [1.54, 1.807) is 6.20 Å². The Morgan fingerprint density at radius 3 is 2.88 bits per heavy atom. The molecule has 1 aliphatic rings. The molecule has 140 valence electrons. The van der Waals surface area contributed by atoms with Gasteiger partial charge in [0.1, 0.15) is 5.60 Å². The van der Waals surface area contributed by atoms with Crippen LogP contribution in [0.5, 0.6) is 0 Å². The van der Waals surface area contributed by atoms with Gasteiger partial charge in [0.05, 0.1) is 19.3 Å². The van der Waals surface area contributed by atoms with Crippen LogP contribution in [0.1, 0.15) is 52.6 Å². The molecule has 3 unspecified atom stereocenters. The number of morpholine rings is 1. The van der Waals surface area contributed by atoms with Crippen molar-refractivity contribution in [3.05, 3.63) is 30.1 Å². The smallest absolute Gasteiger partial charge is 0.410 e. The Labute approximate surface area is 150 Å². The number of pyridine rings is 1. The number of carbonyl (C=O) groups excluding carboxylic acids is 1. The lowest BCUT2D eigenvalue weighted by atomic mass is 10.0. The molecule has 0 bridgehead atoms. The Hall–Kier alpha value is -1.66. The molecule has 3 atom stereocenters. The van der Waals surface area contributed by atoms with Crippen LogP contribution in [0, 0.1) is 0 Å². The molecule has 6 nitrogen and oxygen atoms in total. The third kappa shape index (κ3) is 6.29. The van der Waals surface area contributed by atoms with Gasteiger partial charge in [-0.15, -0.1) is 0 Å². The Balaban J connectivity index is 1.92. The lowest BCUT2D eigenvalue weighted by Gasteiger charge is -2.38. The summed E-state index contributed by atoms with van der Waals surface area (Å²) in [4.78, 5) is 18.4. The van der Waals surface area contributed by atoms with E-state index in [-0.39, 0.29) is 24.2 Å². The zero-order chi connectivity index (χ0) is 18.4. The fraction of sp³-hybridized carbons (Fsp3) is 0.684. The fourth-order valence-electron chi connectivity index (χ4n) is 3.04. The Morgan fingerprint density at radius 1 is 1.48 bits per heavy atom. The molecule has 0 aromatic carbocycles. The van der Waals surface area contributed by atoms with Gasteiger partial charge >= 0.3 is 6.09 Å². The first-order valence-electron chi connectivity index (χ1n) is 8.99. The molecule has 2 rings (SSSR count). The number of hydrogen-bond acceptors (Lipinski definition) is 5. The summed E-state index contributed by atoms with van der Waals surface area (Å²) in [5.41, 5.74) is 0.664. The monoisotopic (exact) mass is 349 g/mol. The van der Waals surface area contributed by atoms with E-state index < -0.39 is 5.60 Å². The van der Waals surface area contributed by atoms with Crippen LogP contribution in [0.4, 0.5) is 4.79 Å². The van der Waals surface area contributed by atoms with Crippen molar-refractivity contribution in [2.24, 2.45) is 0 Å². The summed E-state index contributed by atoms with van der Waals surface area (Å²) in [6, 6.07) is 4.45. The summed E-state index contributed by atoms with van der Waals surface area (Å²) in [6.45, 7) is 11.6. The molecule has 1 saturated heterocycles. The largest absolute Gasteiger partial charge is 0.444 e. The summed E-state index contributed by atoms with van der Waals surface area (Å²) < 4.78 is 11.1. The van der Waals surface area contributed by atoms with Crippen LogP contribution in [-0.2, 0) is 9.47 Å². The van der Waals surface area contributed by atoms with Gasteiger partial charge in [0.15, 0.2) is 0 Å². The molecule has 0 saturated carbocycles. The maximum atomic E-state index is 12.5. The van der Waals surface area contributed by atoms with Gasteiger partial charge in [-0.05, 0) is 52.7 Å². The third-order valence-electron chi connectivity index (χ3n) is 4.20. The first-order valence-corrected chi connectivity index (χ1v) is 8.99. The average Bonchev–Trinajstić information content (AvgIpc) is 2.54. The highest BCUT2D eigenvalue weighted by Crippen LogP contribution is 2.19. The van der Waals surface area contributed by atoms with Crippen LogP contribution >= 0.6 is 0 Å². The Morgan fingerprint density at radius 2 is 2.24 bits per heavy atom. The number of nitrogens with zero attached hydrogens (tertiary/aromatic N) is 2. The van der Waals surface area contributed by atoms with Crippen molar-refractivity contribution >= 4 is 6.09 Å². The molecule has 1 fully saturated rings. The van der Waals surface area contributed by atoms with Crippen molar-refractivity contribution in [2.45, 2.75) is 64.8 Å². The number of aromatic nitrogens is 1. The van der Waals surface area contributed by atoms with Gasteiger partial charge in [0.2, 0.25) is 0 Å². The summed E-state index contributed by atoms with van der Waals surface area (Å²) in [7, 11) is 0. The van der Waals surface area contributed by atoms with Crippen molar-refractivity contribution in [2.75, 3.05) is 19.8 Å². The first-order chi connectivity index (χ1) is 11.8. The van der Waals surface area contributed by atoms with E-state index in [9.17, 15) is 4.79 Å². The van der Waals surface area contributed by atoms with Crippen molar-refractivity contribution in [1.82, 2.24) is 15.2 Å². The predicted molar refractivity (Wildman–Crippen MR) is 97.4 cm³/mol. The Bertz CT molecular complexity index is 545. The summed E-state index contributed by atoms with van der Waals surface area (Å²) >= 11 is 0. The second-order valence-electron chi connectivity index (χ2n) is 7.71. The molecular weight excluding hydrogens is 318 g/mol. The molecule has 1 aromatic heterocycles. The van der Waals surface area contributed by atoms with E-state index in [2.05, 4.69) is 30.2 Å². The molecule has 25 heavy (non-hydrogen) atoms. The lowest BCUT2D eigenvalue weighted by Crippen LogP contribution is -2.52. The summed E-state index contributed by atoms with van der Waals surface area (Å²) in [5, 5.41) is 3.58. The van der Waals surface area contributed by atoms with Crippen molar-refractivity contribution in [3.63, 3.8) is 0 Å². The van der Waals surface area contributed by atoms with E-state index in [1.165, 1.54) is 0 Å². The number of carbonyl (C=O) groups is 1. The summed E-state index contributed by atoms with van der Waals surface area (Å²) in [6.07, 6.45) is 4.20. The standard InChI is InChI=1S/C19H31N3O3/c1-14(21-15(2)16-7-6-8-20-12-16)11-17-13-24-10-9-22(17)18(23)25-19(3,4)5/h6-8,12,14-15,17,21H,9-11,13H2,1-5H3. The van der Waals surface area contributed by atoms with E-state index in [1.807, 2.05) is 37.9 Å². The second-order valence-corrected chi connectivity index (χ2v) is 7.71. The predicted octanol–water partition coefficient (Wildman–Crippen LogP) is 3.15. The van der Waals surface area contributed by atoms with Gasteiger partial charge < -0.3 is 19.7 Å². The molecular formula is C19H31N3O3. The van der Waals surface area contributed by atoms with Crippen LogP contribution in [0.3, 0.4) is 0 Å². The first kappa shape index (κ1) is 19.7. The van der Waals surface area contributed by atoms with Crippen LogP contribution in [0.15, 0.2) is 24.5 Å². The van der Waals surface area contributed by atoms with Gasteiger partial charge in [0.25, 0.3) is 0 Å².